The average Bonchev–Trinajstić information content (AvgIpc) is 2.26. The Morgan fingerprint density at radius 2 is 2.00 bits per heavy atom. The van der Waals surface area contributed by atoms with E-state index < -0.39 is 0 Å². The number of nitrogens with two attached hydrogens (primary N) is 1. The van der Waals surface area contributed by atoms with Crippen LogP contribution in [-0.2, 0) is 9.59 Å². The average molecular weight is 259 g/mol. The van der Waals surface area contributed by atoms with Crippen molar-refractivity contribution in [2.24, 2.45) is 5.73 Å². The standard InChI is InChI=1S/C11H21N3O2S/c1-3-11(16)14(8-5-10(12)17)7-4-6-13-9(2)15/h3-8H2,1-2H3,(H2,12,17)(H,13,15). The first-order valence-corrected chi connectivity index (χ1v) is 6.18. The zero-order chi connectivity index (χ0) is 13.3. The Kier molecular flexibility index (Phi) is 8.31. The first-order chi connectivity index (χ1) is 7.97. The van der Waals surface area contributed by atoms with Gasteiger partial charge in [-0.15, -0.1) is 0 Å². The van der Waals surface area contributed by atoms with E-state index in [0.717, 1.165) is 6.42 Å². The second kappa shape index (κ2) is 8.92. The molecule has 0 aromatic carbocycles. The minimum Gasteiger partial charge on any atom is -0.393 e. The van der Waals surface area contributed by atoms with Gasteiger partial charge < -0.3 is 16.0 Å². The predicted octanol–water partition coefficient (Wildman–Crippen LogP) is 0.427. The molecular weight excluding hydrogens is 238 g/mol. The van der Waals surface area contributed by atoms with Crippen LogP contribution in [0.4, 0.5) is 0 Å². The van der Waals surface area contributed by atoms with Crippen molar-refractivity contribution in [3.8, 4) is 0 Å². The van der Waals surface area contributed by atoms with Crippen LogP contribution in [0.25, 0.3) is 0 Å². The van der Waals surface area contributed by atoms with E-state index in [1.807, 2.05) is 6.92 Å². The largest absolute Gasteiger partial charge is 0.393 e. The fourth-order valence-electron chi connectivity index (χ4n) is 1.36. The van der Waals surface area contributed by atoms with Gasteiger partial charge in [-0.3, -0.25) is 9.59 Å². The molecule has 0 saturated carbocycles. The molecule has 0 aliphatic rings. The van der Waals surface area contributed by atoms with E-state index in [-0.39, 0.29) is 11.8 Å². The van der Waals surface area contributed by atoms with Crippen LogP contribution in [0.5, 0.6) is 0 Å². The van der Waals surface area contributed by atoms with Crippen LogP contribution in [0.3, 0.4) is 0 Å². The maximum absolute atomic E-state index is 11.6. The SMILES string of the molecule is CCC(=O)N(CCCNC(C)=O)CCC(N)=S. The minimum absolute atomic E-state index is 0.0542. The van der Waals surface area contributed by atoms with Crippen LogP contribution in [0.1, 0.15) is 33.1 Å². The Morgan fingerprint density at radius 1 is 1.35 bits per heavy atom. The lowest BCUT2D eigenvalue weighted by Gasteiger charge is -2.22. The molecule has 17 heavy (non-hydrogen) atoms. The number of amides is 2. The molecule has 0 aromatic heterocycles. The lowest BCUT2D eigenvalue weighted by molar-refractivity contribution is -0.130. The fourth-order valence-corrected chi connectivity index (χ4v) is 1.46. The molecule has 2 amide bonds. The van der Waals surface area contributed by atoms with Crippen molar-refractivity contribution >= 4 is 29.0 Å². The molecule has 98 valence electrons. The highest BCUT2D eigenvalue weighted by Gasteiger charge is 2.10. The van der Waals surface area contributed by atoms with Crippen LogP contribution in [0.15, 0.2) is 0 Å². The molecule has 0 aliphatic heterocycles. The van der Waals surface area contributed by atoms with Crippen molar-refractivity contribution in [3.05, 3.63) is 0 Å². The van der Waals surface area contributed by atoms with Gasteiger partial charge in [0.15, 0.2) is 0 Å². The van der Waals surface area contributed by atoms with E-state index >= 15 is 0 Å². The molecule has 3 N–H and O–H groups in total. The van der Waals surface area contributed by atoms with Crippen LogP contribution < -0.4 is 11.1 Å². The van der Waals surface area contributed by atoms with Crippen molar-refractivity contribution in [3.63, 3.8) is 0 Å². The van der Waals surface area contributed by atoms with E-state index in [1.165, 1.54) is 6.92 Å². The quantitative estimate of drug-likeness (QED) is 0.489. The molecule has 0 atom stereocenters. The molecule has 5 nitrogen and oxygen atoms in total. The predicted molar refractivity (Wildman–Crippen MR) is 71.6 cm³/mol. The Balaban J connectivity index is 3.97. The Hall–Kier alpha value is -1.17. The summed E-state index contributed by atoms with van der Waals surface area (Å²) in [6, 6.07) is 0. The molecule has 0 heterocycles. The number of nitrogens with one attached hydrogen (secondary N) is 1. The van der Waals surface area contributed by atoms with E-state index in [9.17, 15) is 9.59 Å². The molecule has 0 saturated heterocycles. The minimum atomic E-state index is -0.0542. The van der Waals surface area contributed by atoms with Crippen LogP contribution in [-0.4, -0.2) is 41.3 Å². The third-order valence-corrected chi connectivity index (χ3v) is 2.47. The number of nitrogens with zero attached hydrogens (tertiary/aromatic N) is 1. The smallest absolute Gasteiger partial charge is 0.222 e. The number of rotatable bonds is 8. The summed E-state index contributed by atoms with van der Waals surface area (Å²) in [6.45, 7) is 5.05. The molecule has 0 aromatic rings. The number of thiocarbonyl (C=S) groups is 1. The molecule has 0 fully saturated rings. The van der Waals surface area contributed by atoms with Crippen molar-refractivity contribution < 1.29 is 9.59 Å². The van der Waals surface area contributed by atoms with E-state index in [1.54, 1.807) is 4.90 Å². The van der Waals surface area contributed by atoms with Crippen LogP contribution >= 0.6 is 12.2 Å². The number of carbonyl (C=O) groups is 2. The first kappa shape index (κ1) is 15.8. The summed E-state index contributed by atoms with van der Waals surface area (Å²) < 4.78 is 0. The second-order valence-electron chi connectivity index (χ2n) is 3.79. The third-order valence-electron chi connectivity index (χ3n) is 2.26. The van der Waals surface area contributed by atoms with Crippen LogP contribution in [0, 0.1) is 0 Å². The summed E-state index contributed by atoms with van der Waals surface area (Å²) in [5.74, 6) is 0.0329. The van der Waals surface area contributed by atoms with Gasteiger partial charge in [0.2, 0.25) is 11.8 Å². The highest BCUT2D eigenvalue weighted by atomic mass is 32.1. The highest BCUT2D eigenvalue weighted by molar-refractivity contribution is 7.80. The summed E-state index contributed by atoms with van der Waals surface area (Å²) in [4.78, 5) is 24.4. The van der Waals surface area contributed by atoms with Gasteiger partial charge in [0, 0.05) is 39.4 Å². The van der Waals surface area contributed by atoms with Crippen molar-refractivity contribution in [2.75, 3.05) is 19.6 Å². The zero-order valence-electron chi connectivity index (χ0n) is 10.5. The summed E-state index contributed by atoms with van der Waals surface area (Å²) in [5, 5.41) is 2.70. The molecule has 6 heteroatoms. The van der Waals surface area contributed by atoms with Crippen molar-refractivity contribution in [2.45, 2.75) is 33.1 Å². The molecule has 0 spiro atoms. The van der Waals surface area contributed by atoms with Crippen molar-refractivity contribution in [1.82, 2.24) is 10.2 Å². The fraction of sp³-hybridized carbons (Fsp3) is 0.727. The number of hydrogen-bond acceptors (Lipinski definition) is 3. The van der Waals surface area contributed by atoms with Gasteiger partial charge in [0.25, 0.3) is 0 Å². The van der Waals surface area contributed by atoms with Gasteiger partial charge in [-0.25, -0.2) is 0 Å². The molecule has 0 bridgehead atoms. The summed E-state index contributed by atoms with van der Waals surface area (Å²) in [7, 11) is 0. The lowest BCUT2D eigenvalue weighted by Crippen LogP contribution is -2.35. The maximum Gasteiger partial charge on any atom is 0.222 e. The summed E-state index contributed by atoms with van der Waals surface area (Å²) in [6.07, 6.45) is 1.75. The normalized spacial score (nSPS) is 9.76. The Morgan fingerprint density at radius 3 is 2.47 bits per heavy atom. The zero-order valence-corrected chi connectivity index (χ0v) is 11.3. The Bertz CT molecular complexity index is 282. The molecule has 0 aliphatic carbocycles. The molecule has 0 radical (unpaired) electrons. The van der Waals surface area contributed by atoms with E-state index in [4.69, 9.17) is 18.0 Å². The maximum atomic E-state index is 11.6. The van der Waals surface area contributed by atoms with Gasteiger partial charge in [0.05, 0.1) is 4.99 Å². The van der Waals surface area contributed by atoms with Crippen molar-refractivity contribution in [1.29, 1.82) is 0 Å². The lowest BCUT2D eigenvalue weighted by atomic mass is 10.3. The van der Waals surface area contributed by atoms with Gasteiger partial charge in [-0.2, -0.15) is 0 Å². The summed E-state index contributed by atoms with van der Waals surface area (Å²) >= 11 is 4.79. The second-order valence-corrected chi connectivity index (χ2v) is 4.31. The van der Waals surface area contributed by atoms with E-state index in [2.05, 4.69) is 5.32 Å². The van der Waals surface area contributed by atoms with Gasteiger partial charge in [-0.1, -0.05) is 19.1 Å². The first-order valence-electron chi connectivity index (χ1n) is 5.77. The monoisotopic (exact) mass is 259 g/mol. The number of hydrogen-bond donors (Lipinski definition) is 2. The Labute approximate surface area is 108 Å². The van der Waals surface area contributed by atoms with Gasteiger partial charge in [-0.05, 0) is 6.42 Å². The highest BCUT2D eigenvalue weighted by Crippen LogP contribution is 1.98. The van der Waals surface area contributed by atoms with Gasteiger partial charge in [0.1, 0.15) is 0 Å². The topological polar surface area (TPSA) is 75.4 Å². The van der Waals surface area contributed by atoms with E-state index in [0.29, 0.717) is 37.5 Å². The summed E-state index contributed by atoms with van der Waals surface area (Å²) in [5.41, 5.74) is 5.41. The number of carbonyl (C=O) groups excluding carboxylic acids is 2. The third kappa shape index (κ3) is 8.62. The van der Waals surface area contributed by atoms with Crippen LogP contribution in [0.2, 0.25) is 0 Å². The van der Waals surface area contributed by atoms with Gasteiger partial charge >= 0.3 is 0 Å². The molecule has 0 unspecified atom stereocenters. The molecule has 0 rings (SSSR count). The molecular formula is C11H21N3O2S.